The highest BCUT2D eigenvalue weighted by Crippen LogP contribution is 2.35. The van der Waals surface area contributed by atoms with E-state index in [1.807, 2.05) is 31.0 Å². The van der Waals surface area contributed by atoms with Gasteiger partial charge in [0.2, 0.25) is 5.91 Å². The van der Waals surface area contributed by atoms with Crippen molar-refractivity contribution in [3.8, 4) is 5.75 Å². The number of carbonyl (C=O) groups excluding carboxylic acids is 1. The number of hydrogen-bond acceptors (Lipinski definition) is 4. The zero-order valence-corrected chi connectivity index (χ0v) is 20.0. The molecule has 0 bridgehead atoms. The van der Waals surface area contributed by atoms with Crippen LogP contribution >= 0.6 is 0 Å². The van der Waals surface area contributed by atoms with Gasteiger partial charge in [-0.05, 0) is 90.7 Å². The Morgan fingerprint density at radius 3 is 2.71 bits per heavy atom. The average Bonchev–Trinajstić information content (AvgIpc) is 3.06. The number of anilines is 1. The molecule has 5 nitrogen and oxygen atoms in total. The summed E-state index contributed by atoms with van der Waals surface area (Å²) >= 11 is 0. The molecule has 0 fully saturated rings. The Hall–Kier alpha value is -3.31. The number of aryl methyl sites for hydroxylation is 1. The molecule has 2 aliphatic rings. The lowest BCUT2D eigenvalue weighted by atomic mass is 9.91. The lowest BCUT2D eigenvalue weighted by molar-refractivity contribution is -0.134. The number of amides is 1. The van der Waals surface area contributed by atoms with Crippen LogP contribution in [0, 0.1) is 6.92 Å². The Balaban J connectivity index is 1.38. The van der Waals surface area contributed by atoms with E-state index >= 15 is 0 Å². The van der Waals surface area contributed by atoms with E-state index in [0.717, 1.165) is 49.2 Å². The molecule has 0 saturated carbocycles. The van der Waals surface area contributed by atoms with Crippen molar-refractivity contribution >= 4 is 11.6 Å². The largest absolute Gasteiger partial charge is 0.508 e. The molecular weight excluding hydrogens is 422 g/mol. The second-order valence-electron chi connectivity index (χ2n) is 9.63. The van der Waals surface area contributed by atoms with E-state index < -0.39 is 0 Å². The predicted octanol–water partition coefficient (Wildman–Crippen LogP) is 4.36. The van der Waals surface area contributed by atoms with Gasteiger partial charge in [0.1, 0.15) is 5.75 Å². The van der Waals surface area contributed by atoms with Crippen LogP contribution in [0.15, 0.2) is 60.7 Å². The summed E-state index contributed by atoms with van der Waals surface area (Å²) in [5.74, 6) is 0.433. The molecule has 0 saturated heterocycles. The van der Waals surface area contributed by atoms with Crippen LogP contribution in [-0.2, 0) is 24.1 Å². The van der Waals surface area contributed by atoms with Gasteiger partial charge in [-0.1, -0.05) is 42.5 Å². The maximum Gasteiger partial charge on any atom is 0.240 e. The molecule has 2 aliphatic heterocycles. The quantitative estimate of drug-likeness (QED) is 0.547. The second kappa shape index (κ2) is 9.51. The third-order valence-electron chi connectivity index (χ3n) is 7.32. The highest BCUT2D eigenvalue weighted by molar-refractivity contribution is 5.83. The van der Waals surface area contributed by atoms with Crippen molar-refractivity contribution in [2.24, 2.45) is 0 Å². The van der Waals surface area contributed by atoms with Crippen LogP contribution in [0.2, 0.25) is 0 Å². The van der Waals surface area contributed by atoms with Crippen molar-refractivity contribution in [2.75, 3.05) is 25.5 Å². The second-order valence-corrected chi connectivity index (χ2v) is 9.63. The Morgan fingerprint density at radius 2 is 1.88 bits per heavy atom. The number of phenolic OH excluding ortho intramolecular Hbond substituents is 1. The van der Waals surface area contributed by atoms with Crippen LogP contribution in [-0.4, -0.2) is 42.1 Å². The van der Waals surface area contributed by atoms with E-state index in [2.05, 4.69) is 53.1 Å². The van der Waals surface area contributed by atoms with E-state index in [4.69, 9.17) is 0 Å². The van der Waals surface area contributed by atoms with Crippen LogP contribution in [0.4, 0.5) is 5.69 Å². The fourth-order valence-corrected chi connectivity index (χ4v) is 5.51. The Bertz CT molecular complexity index is 1190. The number of carbonyl (C=O) groups is 1. The summed E-state index contributed by atoms with van der Waals surface area (Å²) in [6.07, 6.45) is 3.24. The first kappa shape index (κ1) is 22.5. The Labute approximate surface area is 201 Å². The fraction of sp³-hybridized carbons (Fsp3) is 0.345. The topological polar surface area (TPSA) is 64.6 Å². The molecule has 34 heavy (non-hydrogen) atoms. The molecular formula is C29H33N3O2. The molecule has 0 radical (unpaired) electrons. The van der Waals surface area contributed by atoms with Crippen molar-refractivity contribution in [2.45, 2.75) is 44.7 Å². The van der Waals surface area contributed by atoms with Gasteiger partial charge >= 0.3 is 0 Å². The Morgan fingerprint density at radius 1 is 1.06 bits per heavy atom. The molecule has 0 aromatic heterocycles. The number of hydrogen-bond donors (Lipinski definition) is 3. The summed E-state index contributed by atoms with van der Waals surface area (Å²) in [5, 5.41) is 17.0. The molecule has 5 heteroatoms. The van der Waals surface area contributed by atoms with Crippen LogP contribution in [0.3, 0.4) is 0 Å². The van der Waals surface area contributed by atoms with E-state index in [9.17, 15) is 9.90 Å². The number of benzene rings is 3. The van der Waals surface area contributed by atoms with Crippen LogP contribution in [0.25, 0.3) is 0 Å². The van der Waals surface area contributed by atoms with E-state index in [-0.39, 0.29) is 18.0 Å². The SMILES string of the molecule is Cc1cc(O)cc2c1C[C@@H](C(=O)N(C)[C@@H]1CCNc3ccc(Cc4ccccc4)cc31)NCC2. The molecule has 3 N–H and O–H groups in total. The van der Waals surface area contributed by atoms with Crippen molar-refractivity contribution in [1.29, 1.82) is 0 Å². The minimum atomic E-state index is -0.264. The summed E-state index contributed by atoms with van der Waals surface area (Å²) in [7, 11) is 1.95. The maximum absolute atomic E-state index is 13.7. The van der Waals surface area contributed by atoms with Gasteiger partial charge in [0, 0.05) is 19.3 Å². The van der Waals surface area contributed by atoms with E-state index in [0.29, 0.717) is 12.2 Å². The van der Waals surface area contributed by atoms with Gasteiger partial charge in [0.05, 0.1) is 12.1 Å². The van der Waals surface area contributed by atoms with Gasteiger partial charge in [-0.3, -0.25) is 4.79 Å². The number of likely N-dealkylation sites (N-methyl/N-ethyl adjacent to an activating group) is 1. The van der Waals surface area contributed by atoms with Crippen molar-refractivity contribution in [3.63, 3.8) is 0 Å². The van der Waals surface area contributed by atoms with Gasteiger partial charge in [-0.2, -0.15) is 0 Å². The smallest absolute Gasteiger partial charge is 0.240 e. The number of nitrogens with one attached hydrogen (secondary N) is 2. The Kier molecular flexibility index (Phi) is 6.29. The summed E-state index contributed by atoms with van der Waals surface area (Å²) < 4.78 is 0. The predicted molar refractivity (Wildman–Crippen MR) is 136 cm³/mol. The number of rotatable bonds is 4. The normalized spacial score (nSPS) is 19.4. The molecule has 176 valence electrons. The van der Waals surface area contributed by atoms with Gasteiger partial charge in [-0.15, -0.1) is 0 Å². The maximum atomic E-state index is 13.7. The van der Waals surface area contributed by atoms with Crippen LogP contribution < -0.4 is 10.6 Å². The van der Waals surface area contributed by atoms with Gasteiger partial charge < -0.3 is 20.6 Å². The first-order chi connectivity index (χ1) is 16.5. The van der Waals surface area contributed by atoms with Gasteiger partial charge in [0.25, 0.3) is 0 Å². The van der Waals surface area contributed by atoms with Gasteiger partial charge in [-0.25, -0.2) is 0 Å². The first-order valence-electron chi connectivity index (χ1n) is 12.2. The zero-order chi connectivity index (χ0) is 23.7. The summed E-state index contributed by atoms with van der Waals surface area (Å²) in [5.41, 5.74) is 8.25. The van der Waals surface area contributed by atoms with Crippen LogP contribution in [0.1, 0.15) is 45.8 Å². The lowest BCUT2D eigenvalue weighted by Crippen LogP contribution is -2.48. The minimum absolute atomic E-state index is 0.0462. The third kappa shape index (κ3) is 4.53. The lowest BCUT2D eigenvalue weighted by Gasteiger charge is -2.36. The molecule has 3 aromatic rings. The zero-order valence-electron chi connectivity index (χ0n) is 20.0. The molecule has 3 aromatic carbocycles. The highest BCUT2D eigenvalue weighted by atomic mass is 16.3. The minimum Gasteiger partial charge on any atom is -0.508 e. The van der Waals surface area contributed by atoms with E-state index in [1.54, 1.807) is 6.07 Å². The molecule has 5 rings (SSSR count). The third-order valence-corrected chi connectivity index (χ3v) is 7.32. The molecule has 0 aliphatic carbocycles. The monoisotopic (exact) mass is 455 g/mol. The average molecular weight is 456 g/mol. The molecule has 2 heterocycles. The van der Waals surface area contributed by atoms with Crippen LogP contribution in [0.5, 0.6) is 5.75 Å². The molecule has 0 unspecified atom stereocenters. The summed E-state index contributed by atoms with van der Waals surface area (Å²) in [6, 6.07) is 20.5. The highest BCUT2D eigenvalue weighted by Gasteiger charge is 2.32. The first-order valence-corrected chi connectivity index (χ1v) is 12.2. The number of aromatic hydroxyl groups is 1. The molecule has 1 amide bonds. The van der Waals surface area contributed by atoms with E-state index in [1.165, 1.54) is 22.3 Å². The summed E-state index contributed by atoms with van der Waals surface area (Å²) in [4.78, 5) is 15.7. The standard InChI is InChI=1S/C29H33N3O2/c1-19-14-23(33)17-22-10-12-31-27(18-24(19)22)29(34)32(2)28-11-13-30-26-9-8-21(16-25(26)28)15-20-6-4-3-5-7-20/h3-9,14,16-17,27-28,30-31,33H,10-13,15,18H2,1-2H3/t27-,28+/m0/s1. The number of phenols is 1. The van der Waals surface area contributed by atoms with Crippen molar-refractivity contribution in [3.05, 3.63) is 94.0 Å². The van der Waals surface area contributed by atoms with Crippen molar-refractivity contribution in [1.82, 2.24) is 10.2 Å². The number of fused-ring (bicyclic) bond motifs is 2. The fourth-order valence-electron chi connectivity index (χ4n) is 5.51. The number of nitrogens with zero attached hydrogens (tertiary/aromatic N) is 1. The van der Waals surface area contributed by atoms with Crippen molar-refractivity contribution < 1.29 is 9.90 Å². The van der Waals surface area contributed by atoms with Gasteiger partial charge in [0.15, 0.2) is 0 Å². The molecule has 2 atom stereocenters. The molecule has 0 spiro atoms. The summed E-state index contributed by atoms with van der Waals surface area (Å²) in [6.45, 7) is 3.60.